The highest BCUT2D eigenvalue weighted by atomic mass is 16.3. The Morgan fingerprint density at radius 1 is 1.14 bits per heavy atom. The van der Waals surface area contributed by atoms with Gasteiger partial charge in [0.2, 0.25) is 0 Å². The van der Waals surface area contributed by atoms with Gasteiger partial charge in [-0.05, 0) is 43.4 Å². The zero-order valence-electron chi connectivity index (χ0n) is 8.86. The number of hydrogen-bond donors (Lipinski definition) is 1. The number of aliphatic hydroxyl groups is 1. The van der Waals surface area contributed by atoms with E-state index in [9.17, 15) is 5.11 Å². The highest BCUT2D eigenvalue weighted by Crippen LogP contribution is 2.48. The monoisotopic (exact) mass is 195 g/mol. The van der Waals surface area contributed by atoms with Crippen LogP contribution < -0.4 is 0 Å². The van der Waals surface area contributed by atoms with E-state index in [0.29, 0.717) is 0 Å². The topological polar surface area (TPSA) is 23.5 Å². The van der Waals surface area contributed by atoms with Gasteiger partial charge in [-0.2, -0.15) is 0 Å². The Morgan fingerprint density at radius 2 is 2.07 bits per heavy atom. The van der Waals surface area contributed by atoms with Gasteiger partial charge >= 0.3 is 0 Å². The Bertz CT molecular complexity index is 218. The third-order valence-corrected chi connectivity index (χ3v) is 4.62. The van der Waals surface area contributed by atoms with Crippen molar-refractivity contribution in [1.82, 2.24) is 4.90 Å². The minimum Gasteiger partial charge on any atom is -0.392 e. The number of nitrogens with zero attached hydrogens (tertiary/aromatic N) is 1. The van der Waals surface area contributed by atoms with E-state index in [0.717, 1.165) is 37.3 Å². The lowest BCUT2D eigenvalue weighted by Crippen LogP contribution is -2.30. The van der Waals surface area contributed by atoms with E-state index in [1.807, 2.05) is 0 Å². The number of aliphatic hydroxyl groups excluding tert-OH is 1. The Morgan fingerprint density at radius 3 is 2.64 bits per heavy atom. The molecule has 2 bridgehead atoms. The van der Waals surface area contributed by atoms with Gasteiger partial charge in [-0.1, -0.05) is 6.42 Å². The summed E-state index contributed by atoms with van der Waals surface area (Å²) in [6, 6.07) is 0. The summed E-state index contributed by atoms with van der Waals surface area (Å²) in [6.07, 6.45) is 6.96. The molecule has 3 fully saturated rings. The second-order valence-corrected chi connectivity index (χ2v) is 5.64. The largest absolute Gasteiger partial charge is 0.392 e. The average molecular weight is 195 g/mol. The summed E-state index contributed by atoms with van der Waals surface area (Å²) in [5, 5.41) is 9.46. The van der Waals surface area contributed by atoms with Crippen molar-refractivity contribution in [2.45, 2.75) is 38.2 Å². The van der Waals surface area contributed by atoms with Crippen LogP contribution in [0.15, 0.2) is 0 Å². The third-order valence-electron chi connectivity index (χ3n) is 4.62. The van der Waals surface area contributed by atoms with E-state index >= 15 is 0 Å². The highest BCUT2D eigenvalue weighted by Gasteiger charge is 2.40. The Hall–Kier alpha value is -0.0800. The van der Waals surface area contributed by atoms with Crippen molar-refractivity contribution >= 4 is 0 Å². The van der Waals surface area contributed by atoms with Gasteiger partial charge < -0.3 is 10.0 Å². The van der Waals surface area contributed by atoms with Gasteiger partial charge in [0.05, 0.1) is 6.10 Å². The molecule has 0 radical (unpaired) electrons. The smallest absolute Gasteiger partial charge is 0.0679 e. The summed E-state index contributed by atoms with van der Waals surface area (Å²) in [5.41, 5.74) is 0. The summed E-state index contributed by atoms with van der Waals surface area (Å²) in [4.78, 5) is 2.48. The lowest BCUT2D eigenvalue weighted by molar-refractivity contribution is 0.160. The van der Waals surface area contributed by atoms with Crippen LogP contribution in [0, 0.1) is 17.8 Å². The van der Waals surface area contributed by atoms with Gasteiger partial charge in [-0.25, -0.2) is 0 Å². The van der Waals surface area contributed by atoms with Crippen LogP contribution in [0.3, 0.4) is 0 Å². The van der Waals surface area contributed by atoms with Crippen LogP contribution in [0.1, 0.15) is 32.1 Å². The fourth-order valence-electron chi connectivity index (χ4n) is 3.91. The van der Waals surface area contributed by atoms with E-state index in [1.54, 1.807) is 0 Å². The zero-order valence-corrected chi connectivity index (χ0v) is 8.86. The molecule has 1 aliphatic heterocycles. The van der Waals surface area contributed by atoms with Crippen molar-refractivity contribution in [2.24, 2.45) is 17.8 Å². The van der Waals surface area contributed by atoms with Crippen molar-refractivity contribution in [2.75, 3.05) is 19.6 Å². The summed E-state index contributed by atoms with van der Waals surface area (Å²) in [7, 11) is 0. The van der Waals surface area contributed by atoms with Crippen molar-refractivity contribution in [3.63, 3.8) is 0 Å². The van der Waals surface area contributed by atoms with Gasteiger partial charge in [-0.3, -0.25) is 0 Å². The second kappa shape index (κ2) is 3.49. The molecule has 14 heavy (non-hydrogen) atoms. The quantitative estimate of drug-likeness (QED) is 0.721. The fraction of sp³-hybridized carbons (Fsp3) is 1.00. The van der Waals surface area contributed by atoms with E-state index in [1.165, 1.54) is 32.2 Å². The molecule has 0 aromatic rings. The molecule has 0 spiro atoms. The molecule has 2 heteroatoms. The predicted molar refractivity (Wildman–Crippen MR) is 56.0 cm³/mol. The molecule has 3 aliphatic rings. The summed E-state index contributed by atoms with van der Waals surface area (Å²) >= 11 is 0. The molecule has 1 heterocycles. The number of fused-ring (bicyclic) bond motifs is 2. The van der Waals surface area contributed by atoms with Crippen molar-refractivity contribution in [3.05, 3.63) is 0 Å². The molecule has 2 nitrogen and oxygen atoms in total. The lowest BCUT2D eigenvalue weighted by atomic mass is 9.88. The minimum absolute atomic E-state index is 0.0337. The molecule has 3 unspecified atom stereocenters. The van der Waals surface area contributed by atoms with Crippen LogP contribution in [0.2, 0.25) is 0 Å². The van der Waals surface area contributed by atoms with Crippen LogP contribution in [0.5, 0.6) is 0 Å². The van der Waals surface area contributed by atoms with E-state index < -0.39 is 0 Å². The van der Waals surface area contributed by atoms with Gasteiger partial charge in [-0.15, -0.1) is 0 Å². The standard InChI is InChI=1S/C12H21NO/c14-12-3-4-13(8-12)7-11-6-9-1-2-10(11)5-9/h9-12,14H,1-8H2/t9?,10?,11?,12-/m1/s1. The first kappa shape index (κ1) is 9.17. The number of rotatable bonds is 2. The minimum atomic E-state index is -0.0337. The molecule has 4 atom stereocenters. The molecule has 0 amide bonds. The predicted octanol–water partition coefficient (Wildman–Crippen LogP) is 1.49. The lowest BCUT2D eigenvalue weighted by Gasteiger charge is -2.26. The van der Waals surface area contributed by atoms with Crippen molar-refractivity contribution in [1.29, 1.82) is 0 Å². The maximum Gasteiger partial charge on any atom is 0.0679 e. The molecule has 0 aromatic carbocycles. The Kier molecular flexibility index (Phi) is 2.29. The van der Waals surface area contributed by atoms with E-state index in [2.05, 4.69) is 4.90 Å². The summed E-state index contributed by atoms with van der Waals surface area (Å²) < 4.78 is 0. The second-order valence-electron chi connectivity index (χ2n) is 5.64. The molecule has 2 saturated carbocycles. The average Bonchev–Trinajstić information content (AvgIpc) is 2.82. The van der Waals surface area contributed by atoms with Crippen LogP contribution in [-0.2, 0) is 0 Å². The third kappa shape index (κ3) is 1.59. The van der Waals surface area contributed by atoms with Gasteiger partial charge in [0.1, 0.15) is 0 Å². The van der Waals surface area contributed by atoms with Crippen LogP contribution in [0.25, 0.3) is 0 Å². The molecular weight excluding hydrogens is 174 g/mol. The number of hydrogen-bond acceptors (Lipinski definition) is 2. The normalized spacial score (nSPS) is 47.8. The zero-order chi connectivity index (χ0) is 9.54. The fourth-order valence-corrected chi connectivity index (χ4v) is 3.91. The van der Waals surface area contributed by atoms with Crippen LogP contribution in [0.4, 0.5) is 0 Å². The first-order valence-corrected chi connectivity index (χ1v) is 6.21. The summed E-state index contributed by atoms with van der Waals surface area (Å²) in [5.74, 6) is 3.08. The number of likely N-dealkylation sites (tertiary alicyclic amines) is 1. The molecule has 1 saturated heterocycles. The maximum absolute atomic E-state index is 9.46. The molecule has 0 aromatic heterocycles. The van der Waals surface area contributed by atoms with Crippen molar-refractivity contribution in [3.8, 4) is 0 Å². The van der Waals surface area contributed by atoms with E-state index in [4.69, 9.17) is 0 Å². The first-order valence-electron chi connectivity index (χ1n) is 6.21. The van der Waals surface area contributed by atoms with Gasteiger partial charge in [0.15, 0.2) is 0 Å². The number of β-amino-alcohol motifs (C(OH)–C–C–N with tert-alkyl or cyclic N) is 1. The summed E-state index contributed by atoms with van der Waals surface area (Å²) in [6.45, 7) is 3.35. The van der Waals surface area contributed by atoms with Crippen LogP contribution in [-0.4, -0.2) is 35.7 Å². The first-order chi connectivity index (χ1) is 6.81. The van der Waals surface area contributed by atoms with Gasteiger partial charge in [0.25, 0.3) is 0 Å². The van der Waals surface area contributed by atoms with Crippen LogP contribution >= 0.6 is 0 Å². The maximum atomic E-state index is 9.46. The molecular formula is C12H21NO. The SMILES string of the molecule is O[C@@H]1CCN(CC2CC3CCC2C3)C1. The van der Waals surface area contributed by atoms with E-state index in [-0.39, 0.29) is 6.10 Å². The molecule has 2 aliphatic carbocycles. The molecule has 3 rings (SSSR count). The molecule has 80 valence electrons. The molecule has 1 N–H and O–H groups in total. The highest BCUT2D eigenvalue weighted by molar-refractivity contribution is 4.92. The van der Waals surface area contributed by atoms with Gasteiger partial charge in [0, 0.05) is 19.6 Å². The Balaban J connectivity index is 1.53. The Labute approximate surface area is 86.3 Å². The van der Waals surface area contributed by atoms with Crippen molar-refractivity contribution < 1.29 is 5.11 Å².